The van der Waals surface area contributed by atoms with Crippen LogP contribution < -0.4 is 5.73 Å². The highest BCUT2D eigenvalue weighted by Gasteiger charge is 2.14. The Morgan fingerprint density at radius 1 is 1.26 bits per heavy atom. The highest BCUT2D eigenvalue weighted by Crippen LogP contribution is 2.31. The number of benzene rings is 1. The van der Waals surface area contributed by atoms with Crippen LogP contribution >= 0.6 is 0 Å². The van der Waals surface area contributed by atoms with Crippen molar-refractivity contribution in [2.24, 2.45) is 5.73 Å². The van der Waals surface area contributed by atoms with Gasteiger partial charge in [-0.05, 0) is 13.0 Å². The van der Waals surface area contributed by atoms with Gasteiger partial charge in [-0.3, -0.25) is 0 Å². The van der Waals surface area contributed by atoms with Gasteiger partial charge >= 0.3 is 0 Å². The third-order valence-electron chi connectivity index (χ3n) is 3.58. The topological polar surface area (TPSA) is 70.5 Å². The molecule has 98 valence electrons. The van der Waals surface area contributed by atoms with Crippen LogP contribution in [0.4, 0.5) is 0 Å². The smallest absolute Gasteiger partial charge is 0.110 e. The molecule has 0 aliphatic carbocycles. The van der Waals surface area contributed by atoms with E-state index in [-0.39, 0.29) is 5.92 Å². The minimum absolute atomic E-state index is 0.249. The summed E-state index contributed by atoms with van der Waals surface area (Å²) in [6.45, 7) is 4.76. The summed E-state index contributed by atoms with van der Waals surface area (Å²) in [6.07, 6.45) is 1.89. The lowest BCUT2D eigenvalue weighted by molar-refractivity contribution is 0.725. The molecule has 1 atom stereocenters. The van der Waals surface area contributed by atoms with Crippen molar-refractivity contribution in [2.75, 3.05) is 6.54 Å². The van der Waals surface area contributed by atoms with E-state index in [1.54, 1.807) is 0 Å². The molecule has 3 rings (SSSR count). The molecule has 4 nitrogen and oxygen atoms in total. The Kier molecular flexibility index (Phi) is 2.87. The van der Waals surface area contributed by atoms with Crippen LogP contribution in [0.2, 0.25) is 0 Å². The molecule has 0 spiro atoms. The number of aryl methyl sites for hydroxylation is 1. The second-order valence-corrected chi connectivity index (χ2v) is 4.99. The predicted molar refractivity (Wildman–Crippen MR) is 78.1 cm³/mol. The molecule has 2 aromatic heterocycles. The summed E-state index contributed by atoms with van der Waals surface area (Å²) in [5.74, 6) is 1.20. The number of H-pyrrole nitrogens is 2. The number of hydrogen-bond acceptors (Lipinski definition) is 2. The number of fused-ring (bicyclic) bond motifs is 1. The molecule has 0 fully saturated rings. The lowest BCUT2D eigenvalue weighted by atomic mass is 10.1. The fourth-order valence-electron chi connectivity index (χ4n) is 2.45. The van der Waals surface area contributed by atoms with Gasteiger partial charge in [0.1, 0.15) is 5.82 Å². The van der Waals surface area contributed by atoms with Crippen molar-refractivity contribution >= 4 is 10.9 Å². The molecule has 4 N–H and O–H groups in total. The molecule has 0 bridgehead atoms. The molecule has 19 heavy (non-hydrogen) atoms. The van der Waals surface area contributed by atoms with Gasteiger partial charge in [0.05, 0.1) is 11.9 Å². The number of aromatic amines is 2. The van der Waals surface area contributed by atoms with Crippen LogP contribution in [0.5, 0.6) is 0 Å². The molecule has 2 heterocycles. The van der Waals surface area contributed by atoms with Gasteiger partial charge in [0, 0.05) is 34.6 Å². The van der Waals surface area contributed by atoms with Crippen molar-refractivity contribution in [2.45, 2.75) is 19.8 Å². The maximum atomic E-state index is 5.69. The SMILES string of the molecule is Cc1[nH]c2ccccc2c1-c1cnc(C(C)CN)[nH]1. The molecular weight excluding hydrogens is 236 g/mol. The Labute approximate surface area is 112 Å². The van der Waals surface area contributed by atoms with Gasteiger partial charge in [-0.25, -0.2) is 4.98 Å². The van der Waals surface area contributed by atoms with Crippen LogP contribution in [0, 0.1) is 6.92 Å². The van der Waals surface area contributed by atoms with E-state index in [0.717, 1.165) is 22.7 Å². The number of imidazole rings is 1. The summed E-state index contributed by atoms with van der Waals surface area (Å²) in [6, 6.07) is 8.31. The minimum atomic E-state index is 0.249. The standard InChI is InChI=1S/C15H18N4/c1-9(7-16)15-17-8-13(19-15)14-10(2)18-12-6-4-3-5-11(12)14/h3-6,8-9,18H,7,16H2,1-2H3,(H,17,19). The largest absolute Gasteiger partial charge is 0.358 e. The number of nitrogens with one attached hydrogen (secondary N) is 2. The number of hydrogen-bond donors (Lipinski definition) is 3. The van der Waals surface area contributed by atoms with E-state index < -0.39 is 0 Å². The van der Waals surface area contributed by atoms with E-state index >= 15 is 0 Å². The highest BCUT2D eigenvalue weighted by molar-refractivity contribution is 5.96. The predicted octanol–water partition coefficient (Wildman–Crippen LogP) is 2.93. The van der Waals surface area contributed by atoms with E-state index in [0.29, 0.717) is 6.54 Å². The average molecular weight is 254 g/mol. The van der Waals surface area contributed by atoms with Crippen LogP contribution in [0.1, 0.15) is 24.4 Å². The van der Waals surface area contributed by atoms with Gasteiger partial charge in [0.2, 0.25) is 0 Å². The summed E-state index contributed by atoms with van der Waals surface area (Å²) in [7, 11) is 0. The Hall–Kier alpha value is -2.07. The lowest BCUT2D eigenvalue weighted by Gasteiger charge is -2.03. The van der Waals surface area contributed by atoms with E-state index in [4.69, 9.17) is 5.73 Å². The zero-order valence-electron chi connectivity index (χ0n) is 11.2. The summed E-state index contributed by atoms with van der Waals surface area (Å²) in [4.78, 5) is 11.2. The molecule has 1 aromatic carbocycles. The van der Waals surface area contributed by atoms with Crippen LogP contribution in [-0.4, -0.2) is 21.5 Å². The number of aromatic nitrogens is 3. The van der Waals surface area contributed by atoms with E-state index in [1.165, 1.54) is 10.9 Å². The van der Waals surface area contributed by atoms with E-state index in [1.807, 2.05) is 12.3 Å². The number of para-hydroxylation sites is 1. The molecule has 0 aliphatic heterocycles. The zero-order valence-corrected chi connectivity index (χ0v) is 11.2. The van der Waals surface area contributed by atoms with Gasteiger partial charge in [-0.1, -0.05) is 25.1 Å². The maximum absolute atomic E-state index is 5.69. The number of nitrogens with two attached hydrogens (primary N) is 1. The fraction of sp³-hybridized carbons (Fsp3) is 0.267. The second-order valence-electron chi connectivity index (χ2n) is 4.99. The van der Waals surface area contributed by atoms with Gasteiger partial charge in [0.25, 0.3) is 0 Å². The lowest BCUT2D eigenvalue weighted by Crippen LogP contribution is -2.10. The number of nitrogens with zero attached hydrogens (tertiary/aromatic N) is 1. The fourth-order valence-corrected chi connectivity index (χ4v) is 2.45. The van der Waals surface area contributed by atoms with Crippen molar-refractivity contribution in [3.63, 3.8) is 0 Å². The van der Waals surface area contributed by atoms with Crippen molar-refractivity contribution < 1.29 is 0 Å². The molecule has 0 aliphatic rings. The van der Waals surface area contributed by atoms with Crippen LogP contribution in [0.25, 0.3) is 22.2 Å². The van der Waals surface area contributed by atoms with Crippen molar-refractivity contribution in [3.8, 4) is 11.3 Å². The second kappa shape index (κ2) is 4.55. The Morgan fingerprint density at radius 3 is 2.84 bits per heavy atom. The van der Waals surface area contributed by atoms with Crippen LogP contribution in [0.3, 0.4) is 0 Å². The molecular formula is C15H18N4. The summed E-state index contributed by atoms with van der Waals surface area (Å²) in [5.41, 5.74) is 10.2. The summed E-state index contributed by atoms with van der Waals surface area (Å²) < 4.78 is 0. The average Bonchev–Trinajstić information content (AvgIpc) is 3.00. The molecule has 0 saturated carbocycles. The zero-order chi connectivity index (χ0) is 13.4. The molecule has 3 aromatic rings. The molecule has 0 radical (unpaired) electrons. The van der Waals surface area contributed by atoms with Crippen molar-refractivity contribution in [1.29, 1.82) is 0 Å². The van der Waals surface area contributed by atoms with Gasteiger partial charge in [-0.15, -0.1) is 0 Å². The first-order chi connectivity index (χ1) is 9.20. The van der Waals surface area contributed by atoms with Crippen LogP contribution in [-0.2, 0) is 0 Å². The third-order valence-corrected chi connectivity index (χ3v) is 3.58. The Morgan fingerprint density at radius 2 is 2.05 bits per heavy atom. The maximum Gasteiger partial charge on any atom is 0.110 e. The number of rotatable bonds is 3. The highest BCUT2D eigenvalue weighted by atomic mass is 14.9. The molecule has 4 heteroatoms. The normalized spacial score (nSPS) is 13.0. The van der Waals surface area contributed by atoms with Crippen molar-refractivity contribution in [3.05, 3.63) is 42.0 Å². The van der Waals surface area contributed by atoms with Crippen molar-refractivity contribution in [1.82, 2.24) is 15.0 Å². The molecule has 0 saturated heterocycles. The minimum Gasteiger partial charge on any atom is -0.358 e. The Balaban J connectivity index is 2.14. The molecule has 1 unspecified atom stereocenters. The van der Waals surface area contributed by atoms with E-state index in [2.05, 4.69) is 47.0 Å². The summed E-state index contributed by atoms with van der Waals surface area (Å²) >= 11 is 0. The first kappa shape index (κ1) is 12.0. The Bertz CT molecular complexity index is 708. The van der Waals surface area contributed by atoms with Gasteiger partial charge in [-0.2, -0.15) is 0 Å². The first-order valence-corrected chi connectivity index (χ1v) is 6.53. The quantitative estimate of drug-likeness (QED) is 0.672. The van der Waals surface area contributed by atoms with Gasteiger partial charge < -0.3 is 15.7 Å². The van der Waals surface area contributed by atoms with E-state index in [9.17, 15) is 0 Å². The summed E-state index contributed by atoms with van der Waals surface area (Å²) in [5, 5.41) is 1.22. The van der Waals surface area contributed by atoms with Crippen LogP contribution in [0.15, 0.2) is 30.5 Å². The third kappa shape index (κ3) is 1.94. The molecule has 0 amide bonds. The first-order valence-electron chi connectivity index (χ1n) is 6.53. The van der Waals surface area contributed by atoms with Gasteiger partial charge in [0.15, 0.2) is 0 Å². The monoisotopic (exact) mass is 254 g/mol.